The van der Waals surface area contributed by atoms with Crippen molar-refractivity contribution in [2.24, 2.45) is 16.0 Å². The van der Waals surface area contributed by atoms with E-state index < -0.39 is 0 Å². The molecule has 88 valence electrons. The summed E-state index contributed by atoms with van der Waals surface area (Å²) >= 11 is 16.4. The fourth-order valence-electron chi connectivity index (χ4n) is 1.39. The van der Waals surface area contributed by atoms with Crippen LogP contribution in [0.3, 0.4) is 0 Å². The van der Waals surface area contributed by atoms with Gasteiger partial charge >= 0.3 is 0 Å². The summed E-state index contributed by atoms with van der Waals surface area (Å²) in [6.45, 7) is 0. The molecule has 1 heterocycles. The highest BCUT2D eigenvalue weighted by Gasteiger charge is 2.13. The lowest BCUT2D eigenvalue weighted by Gasteiger charge is -1.95. The Morgan fingerprint density at radius 1 is 1.41 bits per heavy atom. The van der Waals surface area contributed by atoms with Crippen LogP contribution < -0.4 is 5.73 Å². The Morgan fingerprint density at radius 3 is 2.76 bits per heavy atom. The van der Waals surface area contributed by atoms with Crippen molar-refractivity contribution in [3.8, 4) is 5.88 Å². The van der Waals surface area contributed by atoms with E-state index in [-0.39, 0.29) is 16.7 Å². The normalized spacial score (nSPS) is 11.4. The Morgan fingerprint density at radius 2 is 2.12 bits per heavy atom. The van der Waals surface area contributed by atoms with E-state index in [1.165, 1.54) is 0 Å². The number of hydrogen-bond donors (Lipinski definition) is 3. The van der Waals surface area contributed by atoms with Gasteiger partial charge in [0.25, 0.3) is 0 Å². The van der Waals surface area contributed by atoms with E-state index >= 15 is 0 Å². The first-order valence-corrected chi connectivity index (χ1v) is 5.56. The molecule has 0 atom stereocenters. The lowest BCUT2D eigenvalue weighted by Crippen LogP contribution is -2.01. The van der Waals surface area contributed by atoms with Crippen LogP contribution in [0.15, 0.2) is 22.4 Å². The maximum atomic E-state index is 9.67. The van der Waals surface area contributed by atoms with Gasteiger partial charge in [0, 0.05) is 10.4 Å². The van der Waals surface area contributed by atoms with Crippen molar-refractivity contribution in [1.82, 2.24) is 4.98 Å². The minimum absolute atomic E-state index is 0.133. The number of aromatic amines is 1. The number of aromatic hydroxyl groups is 1. The van der Waals surface area contributed by atoms with Gasteiger partial charge in [0.15, 0.2) is 5.69 Å². The largest absolute Gasteiger partial charge is 0.493 e. The number of azo groups is 1. The zero-order chi connectivity index (χ0) is 12.6. The third-order valence-corrected chi connectivity index (χ3v) is 2.62. The minimum Gasteiger partial charge on any atom is -0.493 e. The standard InChI is InChI=1S/C9H6Cl2N4OS/c10-3-1-4-6(5(11)2-3)13-8(16)7(4)14-15-9(12)17/h1-2,13,16H,(H2,12,17). The summed E-state index contributed by atoms with van der Waals surface area (Å²) in [5, 5.41) is 18.1. The van der Waals surface area contributed by atoms with Crippen molar-refractivity contribution in [3.63, 3.8) is 0 Å². The first-order chi connectivity index (χ1) is 7.99. The first kappa shape index (κ1) is 12.1. The van der Waals surface area contributed by atoms with Crippen molar-refractivity contribution in [1.29, 1.82) is 0 Å². The maximum Gasteiger partial charge on any atom is 0.218 e. The number of nitrogens with one attached hydrogen (secondary N) is 1. The van der Waals surface area contributed by atoms with Crippen molar-refractivity contribution in [2.45, 2.75) is 0 Å². The number of halogens is 2. The maximum absolute atomic E-state index is 9.67. The van der Waals surface area contributed by atoms with Crippen LogP contribution in [0.2, 0.25) is 10.0 Å². The van der Waals surface area contributed by atoms with Crippen molar-refractivity contribution < 1.29 is 5.11 Å². The van der Waals surface area contributed by atoms with Crippen molar-refractivity contribution >= 4 is 57.1 Å². The second-order valence-corrected chi connectivity index (χ2v) is 4.43. The van der Waals surface area contributed by atoms with Crippen molar-refractivity contribution in [3.05, 3.63) is 22.2 Å². The fourth-order valence-corrected chi connectivity index (χ4v) is 1.97. The Kier molecular flexibility index (Phi) is 3.19. The average molecular weight is 289 g/mol. The molecule has 8 heteroatoms. The summed E-state index contributed by atoms with van der Waals surface area (Å²) in [6.07, 6.45) is 0. The smallest absolute Gasteiger partial charge is 0.218 e. The van der Waals surface area contributed by atoms with Crippen LogP contribution in [0.25, 0.3) is 10.9 Å². The van der Waals surface area contributed by atoms with Gasteiger partial charge in [-0.2, -0.15) is 0 Å². The van der Waals surface area contributed by atoms with Gasteiger partial charge in [-0.1, -0.05) is 23.2 Å². The summed E-state index contributed by atoms with van der Waals surface area (Å²) in [7, 11) is 0. The highest BCUT2D eigenvalue weighted by Crippen LogP contribution is 2.39. The summed E-state index contributed by atoms with van der Waals surface area (Å²) in [6, 6.07) is 3.16. The second-order valence-electron chi connectivity index (χ2n) is 3.17. The second kappa shape index (κ2) is 4.48. The number of hydrogen-bond acceptors (Lipinski definition) is 3. The summed E-state index contributed by atoms with van der Waals surface area (Å²) in [5.41, 5.74) is 5.90. The number of rotatable bonds is 1. The highest BCUT2D eigenvalue weighted by molar-refractivity contribution is 7.80. The molecule has 0 aliphatic rings. The zero-order valence-electron chi connectivity index (χ0n) is 8.24. The van der Waals surface area contributed by atoms with Crippen LogP contribution in [0.4, 0.5) is 5.69 Å². The molecule has 1 aromatic heterocycles. The predicted octanol–water partition coefficient (Wildman–Crippen LogP) is 3.51. The number of thiocarbonyl (C=S) groups is 1. The Hall–Kier alpha value is -1.37. The van der Waals surface area contributed by atoms with E-state index in [0.29, 0.717) is 20.9 Å². The fraction of sp³-hybridized carbons (Fsp3) is 0. The summed E-state index contributed by atoms with van der Waals surface area (Å²) < 4.78 is 0. The number of benzene rings is 1. The van der Waals surface area contributed by atoms with E-state index in [1.807, 2.05) is 0 Å². The average Bonchev–Trinajstić information content (AvgIpc) is 2.52. The van der Waals surface area contributed by atoms with Crippen LogP contribution in [-0.2, 0) is 0 Å². The van der Waals surface area contributed by atoms with Gasteiger partial charge in [-0.3, -0.25) is 0 Å². The topological polar surface area (TPSA) is 86.8 Å². The molecule has 0 saturated carbocycles. The minimum atomic E-state index is -0.177. The number of H-pyrrole nitrogens is 1. The molecule has 2 rings (SSSR count). The Bertz CT molecular complexity index is 637. The lowest BCUT2D eigenvalue weighted by molar-refractivity contribution is 0.459. The number of aromatic nitrogens is 1. The molecule has 5 nitrogen and oxygen atoms in total. The zero-order valence-corrected chi connectivity index (χ0v) is 10.6. The van der Waals surface area contributed by atoms with Crippen molar-refractivity contribution in [2.75, 3.05) is 0 Å². The molecule has 0 saturated heterocycles. The van der Waals surface area contributed by atoms with Gasteiger partial charge in [0.05, 0.1) is 10.5 Å². The first-order valence-electron chi connectivity index (χ1n) is 4.40. The van der Waals surface area contributed by atoms with Gasteiger partial charge in [-0.25, -0.2) is 0 Å². The van der Waals surface area contributed by atoms with Gasteiger partial charge in [-0.05, 0) is 24.4 Å². The molecular weight excluding hydrogens is 283 g/mol. The quantitative estimate of drug-likeness (QED) is 0.554. The van der Waals surface area contributed by atoms with Gasteiger partial charge in [-0.15, -0.1) is 10.2 Å². The number of nitrogens with two attached hydrogens (primary N) is 1. The predicted molar refractivity (Wildman–Crippen MR) is 71.3 cm³/mol. The SMILES string of the molecule is NC(=S)N=Nc1c(O)[nH]c2c(Cl)cc(Cl)cc12. The van der Waals surface area contributed by atoms with E-state index in [2.05, 4.69) is 27.4 Å². The van der Waals surface area contributed by atoms with Crippen LogP contribution >= 0.6 is 35.4 Å². The van der Waals surface area contributed by atoms with Crippen LogP contribution in [0.1, 0.15) is 0 Å². The molecular formula is C9H6Cl2N4OS. The molecule has 1 aromatic carbocycles. The monoisotopic (exact) mass is 288 g/mol. The molecule has 0 bridgehead atoms. The number of nitrogens with zero attached hydrogens (tertiary/aromatic N) is 2. The van der Waals surface area contributed by atoms with E-state index in [9.17, 15) is 5.11 Å². The van der Waals surface area contributed by atoms with Crippen LogP contribution in [0, 0.1) is 0 Å². The van der Waals surface area contributed by atoms with Gasteiger partial charge in [0.1, 0.15) is 0 Å². The molecule has 0 radical (unpaired) electrons. The third kappa shape index (κ3) is 2.33. The van der Waals surface area contributed by atoms with Crippen LogP contribution in [0.5, 0.6) is 5.88 Å². The molecule has 0 aliphatic carbocycles. The van der Waals surface area contributed by atoms with Gasteiger partial charge < -0.3 is 15.8 Å². The number of fused-ring (bicyclic) bond motifs is 1. The molecule has 4 N–H and O–H groups in total. The van der Waals surface area contributed by atoms with E-state index in [1.54, 1.807) is 12.1 Å². The van der Waals surface area contributed by atoms with Gasteiger partial charge in [0.2, 0.25) is 11.0 Å². The Balaban J connectivity index is 2.70. The third-order valence-electron chi connectivity index (χ3n) is 2.03. The Labute approximate surface area is 111 Å². The molecule has 0 fully saturated rings. The molecule has 0 spiro atoms. The highest BCUT2D eigenvalue weighted by atomic mass is 35.5. The van der Waals surface area contributed by atoms with Crippen LogP contribution in [-0.4, -0.2) is 15.2 Å². The molecule has 0 aliphatic heterocycles. The summed E-state index contributed by atoms with van der Waals surface area (Å²) in [5.74, 6) is -0.177. The van der Waals surface area contributed by atoms with E-state index in [0.717, 1.165) is 0 Å². The summed E-state index contributed by atoms with van der Waals surface area (Å²) in [4.78, 5) is 2.67. The molecule has 0 unspecified atom stereocenters. The molecule has 17 heavy (non-hydrogen) atoms. The van der Waals surface area contributed by atoms with E-state index in [4.69, 9.17) is 28.9 Å². The molecule has 2 aromatic rings. The lowest BCUT2D eigenvalue weighted by atomic mass is 10.2. The molecule has 0 amide bonds.